The summed E-state index contributed by atoms with van der Waals surface area (Å²) in [5.41, 5.74) is 0.0736. The zero-order valence-electron chi connectivity index (χ0n) is 14.6. The van der Waals surface area contributed by atoms with Crippen LogP contribution in [0.4, 0.5) is 0 Å². The number of rotatable bonds is 1. The van der Waals surface area contributed by atoms with Gasteiger partial charge >= 0.3 is 5.97 Å². The predicted octanol–water partition coefficient (Wildman–Crippen LogP) is 3.70. The van der Waals surface area contributed by atoms with Crippen molar-refractivity contribution in [3.8, 4) is 0 Å². The Balaban J connectivity index is 1.60. The number of carbonyl (C=O) groups is 1. The molecule has 23 heavy (non-hydrogen) atoms. The minimum atomic E-state index is -0.650. The Kier molecular flexibility index (Phi) is 2.45. The third-order valence-corrected chi connectivity index (χ3v) is 9.95. The number of fused-ring (bicyclic) bond motifs is 1. The van der Waals surface area contributed by atoms with Gasteiger partial charge in [-0.2, -0.15) is 0 Å². The molecule has 2 N–H and O–H groups in total. The predicted molar refractivity (Wildman–Crippen MR) is 86.7 cm³/mol. The first-order valence-electron chi connectivity index (χ1n) is 9.60. The average molecular weight is 318 g/mol. The molecule has 0 heterocycles. The van der Waals surface area contributed by atoms with Crippen molar-refractivity contribution in [3.05, 3.63) is 0 Å². The van der Waals surface area contributed by atoms with Crippen LogP contribution in [0.2, 0.25) is 0 Å². The van der Waals surface area contributed by atoms with E-state index < -0.39 is 11.4 Å². The first-order chi connectivity index (χ1) is 10.7. The molecule has 0 aliphatic heterocycles. The lowest BCUT2D eigenvalue weighted by Crippen LogP contribution is -2.64. The van der Waals surface area contributed by atoms with E-state index >= 15 is 0 Å². The third-order valence-electron chi connectivity index (χ3n) is 9.95. The Morgan fingerprint density at radius 3 is 2.35 bits per heavy atom. The highest BCUT2D eigenvalue weighted by Gasteiger charge is 2.80. The maximum atomic E-state index is 12.1. The van der Waals surface area contributed by atoms with Gasteiger partial charge in [-0.15, -0.1) is 0 Å². The fraction of sp³-hybridized carbons (Fsp3) is 0.950. The molecule has 0 saturated heterocycles. The molecule has 6 fully saturated rings. The van der Waals surface area contributed by atoms with Crippen LogP contribution >= 0.6 is 0 Å². The smallest absolute Gasteiger partial charge is 0.309 e. The quantitative estimate of drug-likeness (QED) is 0.775. The second-order valence-corrected chi connectivity index (χ2v) is 10.5. The summed E-state index contributed by atoms with van der Waals surface area (Å²) in [6, 6.07) is 0. The average Bonchev–Trinajstić information content (AvgIpc) is 2.93. The van der Waals surface area contributed by atoms with Crippen LogP contribution in [0.25, 0.3) is 0 Å². The fourth-order valence-electron chi connectivity index (χ4n) is 8.77. The van der Waals surface area contributed by atoms with Crippen LogP contribution in [-0.2, 0) is 4.79 Å². The maximum absolute atomic E-state index is 12.1. The number of hydrogen-bond donors (Lipinski definition) is 2. The van der Waals surface area contributed by atoms with Crippen LogP contribution in [-0.4, -0.2) is 22.3 Å². The lowest BCUT2D eigenvalue weighted by molar-refractivity contribution is -0.219. The number of aliphatic carboxylic acids is 1. The van der Waals surface area contributed by atoms with E-state index in [1.54, 1.807) is 0 Å². The molecular formula is C20H30O3. The van der Waals surface area contributed by atoms with Gasteiger partial charge in [0.25, 0.3) is 0 Å². The molecule has 6 aliphatic rings. The molecule has 0 aromatic rings. The summed E-state index contributed by atoms with van der Waals surface area (Å²) in [7, 11) is 0. The van der Waals surface area contributed by atoms with E-state index in [1.165, 1.54) is 19.3 Å². The monoisotopic (exact) mass is 318 g/mol. The molecule has 6 aliphatic carbocycles. The Bertz CT molecular complexity index is 602. The minimum Gasteiger partial charge on any atom is -0.481 e. The molecule has 0 radical (unpaired) electrons. The molecular weight excluding hydrogens is 288 g/mol. The number of carboxylic acids is 1. The number of aliphatic hydroxyl groups excluding tert-OH is 1. The van der Waals surface area contributed by atoms with Crippen LogP contribution in [0.15, 0.2) is 0 Å². The van der Waals surface area contributed by atoms with Crippen molar-refractivity contribution in [2.75, 3.05) is 0 Å². The van der Waals surface area contributed by atoms with Crippen molar-refractivity contribution >= 4 is 5.97 Å². The second kappa shape index (κ2) is 3.81. The molecule has 6 saturated carbocycles. The van der Waals surface area contributed by atoms with E-state index in [4.69, 9.17) is 0 Å². The molecule has 3 heteroatoms. The fourth-order valence-corrected chi connectivity index (χ4v) is 8.77. The van der Waals surface area contributed by atoms with Gasteiger partial charge in [-0.1, -0.05) is 20.3 Å². The Morgan fingerprint density at radius 2 is 1.74 bits per heavy atom. The van der Waals surface area contributed by atoms with E-state index in [9.17, 15) is 15.0 Å². The molecule has 1 spiro atoms. The summed E-state index contributed by atoms with van der Waals surface area (Å²) in [5, 5.41) is 21.1. The zero-order chi connectivity index (χ0) is 16.4. The summed E-state index contributed by atoms with van der Waals surface area (Å²) in [5.74, 6) is 1.74. The Labute approximate surface area is 138 Å². The van der Waals surface area contributed by atoms with Crippen LogP contribution in [0.3, 0.4) is 0 Å². The van der Waals surface area contributed by atoms with E-state index in [0.717, 1.165) is 31.1 Å². The summed E-state index contributed by atoms with van der Waals surface area (Å²) in [4.78, 5) is 12.1. The van der Waals surface area contributed by atoms with E-state index in [1.807, 2.05) is 6.92 Å². The summed E-state index contributed by atoms with van der Waals surface area (Å²) in [6.07, 6.45) is 7.06. The van der Waals surface area contributed by atoms with Crippen LogP contribution in [0.5, 0.6) is 0 Å². The summed E-state index contributed by atoms with van der Waals surface area (Å²) in [6.45, 7) is 6.78. The molecule has 4 bridgehead atoms. The molecule has 0 aromatic heterocycles. The first-order valence-corrected chi connectivity index (χ1v) is 9.60. The lowest BCUT2D eigenvalue weighted by Gasteiger charge is -2.66. The highest BCUT2D eigenvalue weighted by atomic mass is 16.4. The number of aliphatic hydroxyl groups is 1. The van der Waals surface area contributed by atoms with Crippen LogP contribution in [0.1, 0.15) is 65.7 Å². The molecule has 9 atom stereocenters. The van der Waals surface area contributed by atoms with Crippen molar-refractivity contribution < 1.29 is 15.0 Å². The number of carboxylic acid groups (broad SMARTS) is 1. The van der Waals surface area contributed by atoms with Gasteiger partial charge in [-0.25, -0.2) is 0 Å². The van der Waals surface area contributed by atoms with Gasteiger partial charge in [-0.05, 0) is 80.0 Å². The van der Waals surface area contributed by atoms with Gasteiger partial charge in [0, 0.05) is 5.41 Å². The number of hydrogen-bond acceptors (Lipinski definition) is 2. The maximum Gasteiger partial charge on any atom is 0.309 e. The van der Waals surface area contributed by atoms with Crippen LogP contribution < -0.4 is 0 Å². The molecule has 3 nitrogen and oxygen atoms in total. The van der Waals surface area contributed by atoms with Crippen molar-refractivity contribution in [1.29, 1.82) is 0 Å². The van der Waals surface area contributed by atoms with E-state index in [-0.39, 0.29) is 22.9 Å². The van der Waals surface area contributed by atoms with Crippen LogP contribution in [0, 0.1) is 45.3 Å². The van der Waals surface area contributed by atoms with Crippen molar-refractivity contribution in [1.82, 2.24) is 0 Å². The molecule has 0 unspecified atom stereocenters. The van der Waals surface area contributed by atoms with Crippen molar-refractivity contribution in [2.24, 2.45) is 45.3 Å². The largest absolute Gasteiger partial charge is 0.481 e. The van der Waals surface area contributed by atoms with Gasteiger partial charge in [-0.3, -0.25) is 4.79 Å². The standard InChI is InChI=1S/C20H30O3/c1-17-5-4-6-18(2,16(22)23)13(17)8-15(21)20-9-12-11(7-14(17)20)19(12,3)10-20/h11-15,21H,4-10H2,1-3H3,(H,22,23)/t11-,12+,13+,14+,15+,17-,18+,19-,20-/m1/s1. The topological polar surface area (TPSA) is 57.5 Å². The summed E-state index contributed by atoms with van der Waals surface area (Å²) < 4.78 is 0. The van der Waals surface area contributed by atoms with Gasteiger partial charge in [0.05, 0.1) is 11.5 Å². The third kappa shape index (κ3) is 1.38. The van der Waals surface area contributed by atoms with Gasteiger partial charge in [0.15, 0.2) is 0 Å². The first kappa shape index (κ1) is 14.7. The van der Waals surface area contributed by atoms with E-state index in [2.05, 4.69) is 13.8 Å². The van der Waals surface area contributed by atoms with Crippen molar-refractivity contribution in [2.45, 2.75) is 71.8 Å². The Morgan fingerprint density at radius 1 is 1.00 bits per heavy atom. The molecule has 128 valence electrons. The Hall–Kier alpha value is -0.570. The molecule has 0 amide bonds. The second-order valence-electron chi connectivity index (χ2n) is 10.5. The summed E-state index contributed by atoms with van der Waals surface area (Å²) >= 11 is 0. The molecule has 6 rings (SSSR count). The highest BCUT2D eigenvalue weighted by molar-refractivity contribution is 5.75. The SMILES string of the molecule is C[C@@]12CCC[C@](C)(C(=O)O)[C@H]1C[C@H](O)[C@@]13C[C@H]4[C@@H](C[C@@H]21)[C@@]4(C)C3. The normalized spacial score (nSPS) is 65.7. The van der Waals surface area contributed by atoms with Gasteiger partial charge < -0.3 is 10.2 Å². The highest BCUT2D eigenvalue weighted by Crippen LogP contribution is 2.85. The van der Waals surface area contributed by atoms with Gasteiger partial charge in [0.1, 0.15) is 0 Å². The molecule has 0 aromatic carbocycles. The lowest BCUT2D eigenvalue weighted by atomic mass is 9.39. The van der Waals surface area contributed by atoms with E-state index in [0.29, 0.717) is 17.8 Å². The zero-order valence-corrected chi connectivity index (χ0v) is 14.6. The van der Waals surface area contributed by atoms with Crippen molar-refractivity contribution in [3.63, 3.8) is 0 Å². The van der Waals surface area contributed by atoms with Gasteiger partial charge in [0.2, 0.25) is 0 Å². The minimum absolute atomic E-state index is 0.107.